The largest absolute Gasteiger partial charge is 0.352 e. The van der Waals surface area contributed by atoms with E-state index in [0.29, 0.717) is 11.6 Å². The summed E-state index contributed by atoms with van der Waals surface area (Å²) in [7, 11) is 0. The van der Waals surface area contributed by atoms with Crippen LogP contribution in [0.4, 0.5) is 0 Å². The third-order valence-electron chi connectivity index (χ3n) is 4.30. The number of amides is 2. The van der Waals surface area contributed by atoms with Gasteiger partial charge in [-0.15, -0.1) is 0 Å². The molecule has 0 fully saturated rings. The van der Waals surface area contributed by atoms with E-state index < -0.39 is 6.04 Å². The second-order valence-electron chi connectivity index (χ2n) is 7.15. The van der Waals surface area contributed by atoms with Gasteiger partial charge in [-0.05, 0) is 51.0 Å². The first kappa shape index (κ1) is 21.0. The summed E-state index contributed by atoms with van der Waals surface area (Å²) >= 11 is 5.93. The van der Waals surface area contributed by atoms with Crippen LogP contribution in [0.1, 0.15) is 37.5 Å². The molecule has 1 atom stereocenters. The number of aryl methyl sites for hydroxylation is 1. The van der Waals surface area contributed by atoms with Crippen LogP contribution < -0.4 is 5.32 Å². The Labute approximate surface area is 166 Å². The number of carbonyl (C=O) groups is 2. The lowest BCUT2D eigenvalue weighted by molar-refractivity contribution is -0.140. The minimum absolute atomic E-state index is 0.0205. The van der Waals surface area contributed by atoms with Gasteiger partial charge in [0.15, 0.2) is 0 Å². The van der Waals surface area contributed by atoms with Gasteiger partial charge in [-0.25, -0.2) is 0 Å². The molecule has 0 saturated carbocycles. The quantitative estimate of drug-likeness (QED) is 0.777. The Hall–Kier alpha value is -2.33. The van der Waals surface area contributed by atoms with Crippen molar-refractivity contribution in [1.29, 1.82) is 0 Å². The first-order valence-electron chi connectivity index (χ1n) is 9.16. The van der Waals surface area contributed by atoms with Crippen molar-refractivity contribution in [3.8, 4) is 0 Å². The van der Waals surface area contributed by atoms with Gasteiger partial charge in [0, 0.05) is 17.6 Å². The van der Waals surface area contributed by atoms with Crippen LogP contribution in [0.15, 0.2) is 48.5 Å². The first-order chi connectivity index (χ1) is 12.8. The highest BCUT2D eigenvalue weighted by molar-refractivity contribution is 6.30. The second kappa shape index (κ2) is 9.56. The van der Waals surface area contributed by atoms with E-state index in [9.17, 15) is 9.59 Å². The third kappa shape index (κ3) is 6.40. The Morgan fingerprint density at radius 1 is 1.04 bits per heavy atom. The van der Waals surface area contributed by atoms with Crippen molar-refractivity contribution in [1.82, 2.24) is 10.2 Å². The van der Waals surface area contributed by atoms with Gasteiger partial charge in [-0.1, -0.05) is 53.6 Å². The summed E-state index contributed by atoms with van der Waals surface area (Å²) in [6, 6.07) is 14.7. The minimum Gasteiger partial charge on any atom is -0.352 e. The summed E-state index contributed by atoms with van der Waals surface area (Å²) < 4.78 is 0. The fourth-order valence-corrected chi connectivity index (χ4v) is 3.00. The molecule has 0 aliphatic heterocycles. The summed E-state index contributed by atoms with van der Waals surface area (Å²) in [5.41, 5.74) is 3.00. The van der Waals surface area contributed by atoms with Crippen LogP contribution in [-0.2, 0) is 22.6 Å². The van der Waals surface area contributed by atoms with Crippen molar-refractivity contribution in [2.24, 2.45) is 0 Å². The van der Waals surface area contributed by atoms with Crippen LogP contribution >= 0.6 is 11.6 Å². The van der Waals surface area contributed by atoms with Gasteiger partial charge in [-0.3, -0.25) is 9.59 Å². The normalized spacial score (nSPS) is 11.9. The number of hydrogen-bond acceptors (Lipinski definition) is 2. The molecule has 2 aromatic rings. The summed E-state index contributed by atoms with van der Waals surface area (Å²) in [6.07, 6.45) is 0.224. The van der Waals surface area contributed by atoms with Crippen LogP contribution in [0.25, 0.3) is 0 Å². The summed E-state index contributed by atoms with van der Waals surface area (Å²) in [4.78, 5) is 27.2. The van der Waals surface area contributed by atoms with E-state index in [1.54, 1.807) is 24.0 Å². The molecule has 4 nitrogen and oxygen atoms in total. The maximum Gasteiger partial charge on any atom is 0.242 e. The van der Waals surface area contributed by atoms with E-state index >= 15 is 0 Å². The van der Waals surface area contributed by atoms with Crippen LogP contribution in [0.3, 0.4) is 0 Å². The molecule has 0 aliphatic carbocycles. The molecule has 0 heterocycles. The fraction of sp³-hybridized carbons (Fsp3) is 0.364. The Morgan fingerprint density at radius 3 is 2.30 bits per heavy atom. The van der Waals surface area contributed by atoms with Crippen molar-refractivity contribution in [3.05, 3.63) is 70.2 Å². The molecular formula is C22H27ClN2O2. The van der Waals surface area contributed by atoms with Gasteiger partial charge in [0.1, 0.15) is 6.04 Å². The van der Waals surface area contributed by atoms with Crippen molar-refractivity contribution < 1.29 is 9.59 Å². The molecule has 0 aromatic heterocycles. The minimum atomic E-state index is -0.562. The standard InChI is InChI=1S/C22H27ClN2O2/c1-15(2)24-22(27)17(4)25(14-19-7-5-6-16(3)12-19)21(26)13-18-8-10-20(23)11-9-18/h5-12,15,17H,13-14H2,1-4H3,(H,24,27). The summed E-state index contributed by atoms with van der Waals surface area (Å²) in [6.45, 7) is 7.99. The number of halogens is 1. The molecule has 0 aliphatic rings. The van der Waals surface area contributed by atoms with E-state index in [4.69, 9.17) is 11.6 Å². The number of benzene rings is 2. The fourth-order valence-electron chi connectivity index (χ4n) is 2.87. The zero-order chi connectivity index (χ0) is 20.0. The zero-order valence-electron chi connectivity index (χ0n) is 16.3. The highest BCUT2D eigenvalue weighted by atomic mass is 35.5. The molecule has 1 N–H and O–H groups in total. The van der Waals surface area contributed by atoms with Crippen molar-refractivity contribution in [2.75, 3.05) is 0 Å². The van der Waals surface area contributed by atoms with Gasteiger partial charge < -0.3 is 10.2 Å². The molecule has 0 saturated heterocycles. The lowest BCUT2D eigenvalue weighted by Crippen LogP contribution is -2.49. The molecule has 2 rings (SSSR count). The third-order valence-corrected chi connectivity index (χ3v) is 4.55. The van der Waals surface area contributed by atoms with Crippen molar-refractivity contribution in [2.45, 2.75) is 52.7 Å². The maximum absolute atomic E-state index is 13.0. The van der Waals surface area contributed by atoms with Gasteiger partial charge in [-0.2, -0.15) is 0 Å². The Kier molecular flexibility index (Phi) is 7.43. The lowest BCUT2D eigenvalue weighted by atomic mass is 10.1. The topological polar surface area (TPSA) is 49.4 Å². The monoisotopic (exact) mass is 386 g/mol. The molecule has 5 heteroatoms. The molecule has 0 radical (unpaired) electrons. The van der Waals surface area contributed by atoms with Crippen LogP contribution in [0.5, 0.6) is 0 Å². The summed E-state index contributed by atoms with van der Waals surface area (Å²) in [5, 5.41) is 3.53. The molecular weight excluding hydrogens is 360 g/mol. The summed E-state index contributed by atoms with van der Waals surface area (Å²) in [5.74, 6) is -0.243. The zero-order valence-corrected chi connectivity index (χ0v) is 17.1. The number of rotatable bonds is 7. The Bertz CT molecular complexity index is 787. The predicted octanol–water partition coefficient (Wildman–Crippen LogP) is 4.13. The number of hydrogen-bond donors (Lipinski definition) is 1. The average molecular weight is 387 g/mol. The smallest absolute Gasteiger partial charge is 0.242 e. The lowest BCUT2D eigenvalue weighted by Gasteiger charge is -2.29. The van der Waals surface area contributed by atoms with Gasteiger partial charge >= 0.3 is 0 Å². The van der Waals surface area contributed by atoms with Crippen LogP contribution in [0.2, 0.25) is 5.02 Å². The number of carbonyl (C=O) groups excluding carboxylic acids is 2. The molecule has 0 spiro atoms. The molecule has 0 bridgehead atoms. The van der Waals surface area contributed by atoms with E-state index in [1.807, 2.05) is 57.2 Å². The van der Waals surface area contributed by atoms with Crippen LogP contribution in [-0.4, -0.2) is 28.8 Å². The van der Waals surface area contributed by atoms with E-state index in [2.05, 4.69) is 5.32 Å². The van der Waals surface area contributed by atoms with E-state index in [0.717, 1.165) is 16.7 Å². The van der Waals surface area contributed by atoms with Crippen molar-refractivity contribution >= 4 is 23.4 Å². The van der Waals surface area contributed by atoms with Crippen LogP contribution in [0, 0.1) is 6.92 Å². The van der Waals surface area contributed by atoms with Gasteiger partial charge in [0.05, 0.1) is 6.42 Å². The SMILES string of the molecule is Cc1cccc(CN(C(=O)Cc2ccc(Cl)cc2)C(C)C(=O)NC(C)C)c1. The molecule has 2 amide bonds. The van der Waals surface area contributed by atoms with Gasteiger partial charge in [0.25, 0.3) is 0 Å². The maximum atomic E-state index is 13.0. The van der Waals surface area contributed by atoms with E-state index in [-0.39, 0.29) is 24.3 Å². The molecule has 2 aromatic carbocycles. The number of nitrogens with one attached hydrogen (secondary N) is 1. The predicted molar refractivity (Wildman–Crippen MR) is 110 cm³/mol. The second-order valence-corrected chi connectivity index (χ2v) is 7.59. The first-order valence-corrected chi connectivity index (χ1v) is 9.54. The Balaban J connectivity index is 2.22. The molecule has 1 unspecified atom stereocenters. The highest BCUT2D eigenvalue weighted by Crippen LogP contribution is 2.15. The number of nitrogens with zero attached hydrogens (tertiary/aromatic N) is 1. The van der Waals surface area contributed by atoms with Crippen molar-refractivity contribution in [3.63, 3.8) is 0 Å². The average Bonchev–Trinajstić information content (AvgIpc) is 2.60. The molecule has 27 heavy (non-hydrogen) atoms. The molecule has 144 valence electrons. The Morgan fingerprint density at radius 2 is 1.70 bits per heavy atom. The van der Waals surface area contributed by atoms with E-state index in [1.165, 1.54) is 0 Å². The van der Waals surface area contributed by atoms with Gasteiger partial charge in [0.2, 0.25) is 11.8 Å². The highest BCUT2D eigenvalue weighted by Gasteiger charge is 2.26.